The van der Waals surface area contributed by atoms with Gasteiger partial charge in [0, 0.05) is 10.9 Å². The van der Waals surface area contributed by atoms with E-state index in [1.165, 1.54) is 7.11 Å². The van der Waals surface area contributed by atoms with E-state index in [0.717, 1.165) is 15.6 Å². The van der Waals surface area contributed by atoms with Crippen molar-refractivity contribution in [2.45, 2.75) is 19.1 Å². The third kappa shape index (κ3) is 7.40. The second kappa shape index (κ2) is 11.1. The zero-order valence-corrected chi connectivity index (χ0v) is 16.9. The molecular formula is C20H21BrN2O5. The van der Waals surface area contributed by atoms with Crippen LogP contribution in [0, 0.1) is 0 Å². The van der Waals surface area contributed by atoms with Crippen LogP contribution in [-0.2, 0) is 32.1 Å². The summed E-state index contributed by atoms with van der Waals surface area (Å²) in [7, 11) is 1.25. The molecule has 0 bridgehead atoms. The molecule has 148 valence electrons. The normalized spacial score (nSPS) is 11.2. The van der Waals surface area contributed by atoms with Gasteiger partial charge in [-0.2, -0.15) is 0 Å². The lowest BCUT2D eigenvalue weighted by atomic mass is 10.1. The average molecular weight is 449 g/mol. The number of alkyl carbamates (subject to hydrolysis) is 1. The standard InChI is InChI=1S/C20H21BrN2O5/c1-27-19(25)17(11-14-7-9-16(21)10-8-14)23-18(24)12-22-20(26)28-13-15-5-3-2-4-6-15/h2-10,17H,11-13H2,1H3,(H,22,26)(H,23,24)/t17-/m0/s1. The van der Waals surface area contributed by atoms with Crippen LogP contribution in [0.3, 0.4) is 0 Å². The van der Waals surface area contributed by atoms with Crippen LogP contribution in [0.5, 0.6) is 0 Å². The van der Waals surface area contributed by atoms with Crippen LogP contribution in [0.1, 0.15) is 11.1 Å². The smallest absolute Gasteiger partial charge is 0.407 e. The second-order valence-corrected chi connectivity index (χ2v) is 6.80. The first-order valence-electron chi connectivity index (χ1n) is 8.54. The van der Waals surface area contributed by atoms with Crippen LogP contribution in [0.15, 0.2) is 59.1 Å². The quantitative estimate of drug-likeness (QED) is 0.605. The molecule has 0 aliphatic heterocycles. The number of methoxy groups -OCH3 is 1. The van der Waals surface area contributed by atoms with Crippen molar-refractivity contribution in [1.82, 2.24) is 10.6 Å². The highest BCUT2D eigenvalue weighted by atomic mass is 79.9. The average Bonchev–Trinajstić information content (AvgIpc) is 2.72. The summed E-state index contributed by atoms with van der Waals surface area (Å²) in [5.74, 6) is -1.09. The Morgan fingerprint density at radius 2 is 1.68 bits per heavy atom. The first-order chi connectivity index (χ1) is 13.5. The Balaban J connectivity index is 1.81. The minimum atomic E-state index is -0.860. The zero-order chi connectivity index (χ0) is 20.4. The SMILES string of the molecule is COC(=O)[C@H](Cc1ccc(Br)cc1)NC(=O)CNC(=O)OCc1ccccc1. The van der Waals surface area contributed by atoms with Gasteiger partial charge in [-0.05, 0) is 23.3 Å². The summed E-state index contributed by atoms with van der Waals surface area (Å²) in [5.41, 5.74) is 1.69. The van der Waals surface area contributed by atoms with Crippen molar-refractivity contribution < 1.29 is 23.9 Å². The lowest BCUT2D eigenvalue weighted by Gasteiger charge is -2.17. The Morgan fingerprint density at radius 1 is 1.00 bits per heavy atom. The number of hydrogen-bond acceptors (Lipinski definition) is 5. The van der Waals surface area contributed by atoms with Crippen molar-refractivity contribution in [2.75, 3.05) is 13.7 Å². The van der Waals surface area contributed by atoms with Crippen molar-refractivity contribution in [3.05, 3.63) is 70.2 Å². The fraction of sp³-hybridized carbons (Fsp3) is 0.250. The van der Waals surface area contributed by atoms with E-state index < -0.39 is 24.0 Å². The Labute approximate surface area is 171 Å². The van der Waals surface area contributed by atoms with Gasteiger partial charge in [0.05, 0.1) is 7.11 Å². The molecule has 1 atom stereocenters. The molecule has 0 aliphatic carbocycles. The second-order valence-electron chi connectivity index (χ2n) is 5.89. The first kappa shape index (κ1) is 21.4. The van der Waals surface area contributed by atoms with E-state index in [1.54, 1.807) is 0 Å². The molecule has 0 radical (unpaired) electrons. The number of ether oxygens (including phenoxy) is 2. The van der Waals surface area contributed by atoms with Crippen LogP contribution < -0.4 is 10.6 Å². The summed E-state index contributed by atoms with van der Waals surface area (Å²) >= 11 is 3.34. The summed E-state index contributed by atoms with van der Waals surface area (Å²) < 4.78 is 10.7. The van der Waals surface area contributed by atoms with Gasteiger partial charge < -0.3 is 20.1 Å². The molecule has 0 aromatic heterocycles. The molecule has 0 saturated carbocycles. The third-order valence-corrected chi connectivity index (χ3v) is 4.31. The van der Waals surface area contributed by atoms with E-state index in [4.69, 9.17) is 9.47 Å². The van der Waals surface area contributed by atoms with E-state index in [2.05, 4.69) is 26.6 Å². The van der Waals surface area contributed by atoms with E-state index in [1.807, 2.05) is 54.6 Å². The Bertz CT molecular complexity index is 796. The van der Waals surface area contributed by atoms with Gasteiger partial charge in [0.15, 0.2) is 0 Å². The molecule has 2 aromatic rings. The van der Waals surface area contributed by atoms with Crippen molar-refractivity contribution in [1.29, 1.82) is 0 Å². The predicted octanol–water partition coefficient (Wildman–Crippen LogP) is 2.58. The van der Waals surface area contributed by atoms with Crippen molar-refractivity contribution in [2.24, 2.45) is 0 Å². The number of nitrogens with one attached hydrogen (secondary N) is 2. The summed E-state index contributed by atoms with van der Waals surface area (Å²) in [6, 6.07) is 15.7. The van der Waals surface area contributed by atoms with Crippen molar-refractivity contribution in [3.8, 4) is 0 Å². The van der Waals surface area contributed by atoms with Crippen molar-refractivity contribution >= 4 is 33.9 Å². The number of carbonyl (C=O) groups is 3. The van der Waals surface area contributed by atoms with Gasteiger partial charge in [0.2, 0.25) is 5.91 Å². The van der Waals surface area contributed by atoms with Gasteiger partial charge >= 0.3 is 12.1 Å². The van der Waals surface area contributed by atoms with E-state index in [9.17, 15) is 14.4 Å². The molecule has 0 spiro atoms. The molecule has 28 heavy (non-hydrogen) atoms. The molecule has 2 aromatic carbocycles. The molecule has 0 fully saturated rings. The fourth-order valence-corrected chi connectivity index (χ4v) is 2.63. The molecule has 2 N–H and O–H groups in total. The number of esters is 1. The number of carbonyl (C=O) groups excluding carboxylic acids is 3. The lowest BCUT2D eigenvalue weighted by Crippen LogP contribution is -2.47. The molecule has 8 heteroatoms. The largest absolute Gasteiger partial charge is 0.467 e. The van der Waals surface area contributed by atoms with E-state index in [-0.39, 0.29) is 19.6 Å². The van der Waals surface area contributed by atoms with Crippen LogP contribution >= 0.6 is 15.9 Å². The van der Waals surface area contributed by atoms with Gasteiger partial charge in [-0.15, -0.1) is 0 Å². The van der Waals surface area contributed by atoms with Crippen LogP contribution in [0.25, 0.3) is 0 Å². The highest BCUT2D eigenvalue weighted by molar-refractivity contribution is 9.10. The van der Waals surface area contributed by atoms with Gasteiger partial charge in [-0.3, -0.25) is 4.79 Å². The van der Waals surface area contributed by atoms with Gasteiger partial charge in [0.1, 0.15) is 19.2 Å². The molecular weight excluding hydrogens is 428 g/mol. The molecule has 2 rings (SSSR count). The van der Waals surface area contributed by atoms with E-state index >= 15 is 0 Å². The molecule has 2 amide bonds. The number of halogens is 1. The summed E-state index contributed by atoms with van der Waals surface area (Å²) in [6.45, 7) is -0.218. The maximum atomic E-state index is 12.1. The molecule has 0 aliphatic rings. The summed E-state index contributed by atoms with van der Waals surface area (Å²) in [5, 5.41) is 4.92. The van der Waals surface area contributed by atoms with E-state index in [0.29, 0.717) is 0 Å². The predicted molar refractivity (Wildman–Crippen MR) is 106 cm³/mol. The number of amides is 2. The Morgan fingerprint density at radius 3 is 2.32 bits per heavy atom. The highest BCUT2D eigenvalue weighted by Gasteiger charge is 2.22. The third-order valence-electron chi connectivity index (χ3n) is 3.78. The molecule has 0 saturated heterocycles. The number of hydrogen-bond donors (Lipinski definition) is 2. The maximum Gasteiger partial charge on any atom is 0.407 e. The minimum absolute atomic E-state index is 0.0998. The van der Waals surface area contributed by atoms with Gasteiger partial charge in [0.25, 0.3) is 0 Å². The topological polar surface area (TPSA) is 93.7 Å². The maximum absolute atomic E-state index is 12.1. The van der Waals surface area contributed by atoms with Crippen LogP contribution in [0.2, 0.25) is 0 Å². The molecule has 0 unspecified atom stereocenters. The lowest BCUT2D eigenvalue weighted by molar-refractivity contribution is -0.144. The van der Waals surface area contributed by atoms with Gasteiger partial charge in [-0.25, -0.2) is 9.59 Å². The van der Waals surface area contributed by atoms with Crippen LogP contribution in [-0.4, -0.2) is 37.7 Å². The van der Waals surface area contributed by atoms with Gasteiger partial charge in [-0.1, -0.05) is 58.4 Å². The minimum Gasteiger partial charge on any atom is -0.467 e. The monoisotopic (exact) mass is 448 g/mol. The highest BCUT2D eigenvalue weighted by Crippen LogP contribution is 2.12. The Hall–Kier alpha value is -2.87. The number of rotatable bonds is 8. The molecule has 0 heterocycles. The fourth-order valence-electron chi connectivity index (χ4n) is 2.36. The zero-order valence-electron chi connectivity index (χ0n) is 15.3. The Kier molecular flexibility index (Phi) is 8.48. The molecule has 7 nitrogen and oxygen atoms in total. The first-order valence-corrected chi connectivity index (χ1v) is 9.33. The number of benzene rings is 2. The van der Waals surface area contributed by atoms with Crippen LogP contribution in [0.4, 0.5) is 4.79 Å². The van der Waals surface area contributed by atoms with Crippen molar-refractivity contribution in [3.63, 3.8) is 0 Å². The summed E-state index contributed by atoms with van der Waals surface area (Å²) in [4.78, 5) is 35.8. The summed E-state index contributed by atoms with van der Waals surface area (Å²) in [6.07, 6.45) is -0.453.